The Bertz CT molecular complexity index is 714. The topological polar surface area (TPSA) is 102 Å². The van der Waals surface area contributed by atoms with E-state index in [1.54, 1.807) is 4.90 Å². The fourth-order valence-corrected chi connectivity index (χ4v) is 2.83. The number of hydrogen-bond donors (Lipinski definition) is 1. The Labute approximate surface area is 139 Å². The van der Waals surface area contributed by atoms with Gasteiger partial charge in [-0.2, -0.15) is 4.98 Å². The third-order valence-electron chi connectivity index (χ3n) is 4.21. The molecule has 1 aromatic heterocycles. The first kappa shape index (κ1) is 16.2. The Balaban J connectivity index is 1.49. The normalized spacial score (nSPS) is 17.2. The average Bonchev–Trinajstić information content (AvgIpc) is 3.23. The highest BCUT2D eigenvalue weighted by Gasteiger charge is 2.29. The minimum atomic E-state index is -0.340. The molecule has 2 aromatic rings. The molecule has 24 heavy (non-hydrogen) atoms. The number of primary amides is 1. The molecule has 3 rings (SSSR count). The molecule has 2 amide bonds. The van der Waals surface area contributed by atoms with E-state index in [4.69, 9.17) is 10.3 Å². The Morgan fingerprint density at radius 3 is 2.79 bits per heavy atom. The number of rotatable bonds is 6. The van der Waals surface area contributed by atoms with Gasteiger partial charge in [-0.25, -0.2) is 0 Å². The second-order valence-electron chi connectivity index (χ2n) is 5.99. The summed E-state index contributed by atoms with van der Waals surface area (Å²) in [6, 6.07) is 9.89. The number of nitrogens with two attached hydrogens (primary N) is 1. The minimum Gasteiger partial charge on any atom is -0.369 e. The highest BCUT2D eigenvalue weighted by atomic mass is 16.5. The maximum atomic E-state index is 12.2. The maximum absolute atomic E-state index is 12.2. The van der Waals surface area contributed by atoms with Gasteiger partial charge < -0.3 is 15.2 Å². The van der Waals surface area contributed by atoms with Gasteiger partial charge in [-0.15, -0.1) is 0 Å². The molecule has 0 bridgehead atoms. The van der Waals surface area contributed by atoms with Gasteiger partial charge in [-0.1, -0.05) is 35.5 Å². The van der Waals surface area contributed by atoms with Crippen LogP contribution in [0.2, 0.25) is 0 Å². The number of nitrogens with zero attached hydrogens (tertiary/aromatic N) is 3. The SMILES string of the molecule is NC(=O)C1CCN(C(=O)CCc2nc(Cc3ccccc3)no2)C1. The predicted molar refractivity (Wildman–Crippen MR) is 85.7 cm³/mol. The Kier molecular flexibility index (Phi) is 4.88. The molecular weight excluding hydrogens is 308 g/mol. The third-order valence-corrected chi connectivity index (χ3v) is 4.21. The Hall–Kier alpha value is -2.70. The predicted octanol–water partition coefficient (Wildman–Crippen LogP) is 0.927. The standard InChI is InChI=1S/C17H20N4O3/c18-17(23)13-8-9-21(11-13)16(22)7-6-15-19-14(20-24-15)10-12-4-2-1-3-5-12/h1-5,13H,6-11H2,(H2,18,23). The van der Waals surface area contributed by atoms with Gasteiger partial charge in [0.2, 0.25) is 17.7 Å². The fourth-order valence-electron chi connectivity index (χ4n) is 2.83. The molecule has 0 aliphatic carbocycles. The van der Waals surface area contributed by atoms with Crippen LogP contribution in [-0.2, 0) is 22.4 Å². The van der Waals surface area contributed by atoms with E-state index in [9.17, 15) is 9.59 Å². The lowest BCUT2D eigenvalue weighted by atomic mass is 10.1. The zero-order valence-corrected chi connectivity index (χ0v) is 13.4. The molecule has 1 aliphatic heterocycles. The first-order valence-electron chi connectivity index (χ1n) is 8.04. The highest BCUT2D eigenvalue weighted by molar-refractivity contribution is 5.81. The van der Waals surface area contributed by atoms with Crippen molar-refractivity contribution in [1.82, 2.24) is 15.0 Å². The van der Waals surface area contributed by atoms with Crippen molar-refractivity contribution < 1.29 is 14.1 Å². The summed E-state index contributed by atoms with van der Waals surface area (Å²) in [5.74, 6) is 0.489. The number of amides is 2. The lowest BCUT2D eigenvalue weighted by Gasteiger charge is -2.15. The van der Waals surface area contributed by atoms with Crippen molar-refractivity contribution in [2.24, 2.45) is 11.7 Å². The molecule has 1 fully saturated rings. The van der Waals surface area contributed by atoms with Crippen molar-refractivity contribution in [3.8, 4) is 0 Å². The summed E-state index contributed by atoms with van der Waals surface area (Å²) < 4.78 is 5.20. The van der Waals surface area contributed by atoms with Gasteiger partial charge in [0.05, 0.1) is 5.92 Å². The number of hydrogen-bond acceptors (Lipinski definition) is 5. The molecule has 2 N–H and O–H groups in total. The van der Waals surface area contributed by atoms with Gasteiger partial charge in [0.15, 0.2) is 5.82 Å². The molecule has 126 valence electrons. The molecule has 0 saturated carbocycles. The van der Waals surface area contributed by atoms with Gasteiger partial charge in [-0.05, 0) is 12.0 Å². The number of likely N-dealkylation sites (tertiary alicyclic amines) is 1. The van der Waals surface area contributed by atoms with Crippen LogP contribution in [0, 0.1) is 5.92 Å². The summed E-state index contributed by atoms with van der Waals surface area (Å²) in [6.45, 7) is 0.993. The second kappa shape index (κ2) is 7.25. The lowest BCUT2D eigenvalue weighted by Crippen LogP contribution is -2.31. The third kappa shape index (κ3) is 3.98. The Morgan fingerprint density at radius 2 is 2.08 bits per heavy atom. The van der Waals surface area contributed by atoms with Crippen LogP contribution in [0.15, 0.2) is 34.9 Å². The van der Waals surface area contributed by atoms with Crippen molar-refractivity contribution in [3.05, 3.63) is 47.6 Å². The number of benzene rings is 1. The first-order chi connectivity index (χ1) is 11.6. The quantitative estimate of drug-likeness (QED) is 0.849. The largest absolute Gasteiger partial charge is 0.369 e. The molecular formula is C17H20N4O3. The van der Waals surface area contributed by atoms with Crippen molar-refractivity contribution in [2.75, 3.05) is 13.1 Å². The summed E-state index contributed by atoms with van der Waals surface area (Å²) in [7, 11) is 0. The molecule has 7 nitrogen and oxygen atoms in total. The molecule has 1 unspecified atom stereocenters. The van der Waals surface area contributed by atoms with Crippen LogP contribution in [0.5, 0.6) is 0 Å². The molecule has 1 saturated heterocycles. The maximum Gasteiger partial charge on any atom is 0.227 e. The molecule has 0 spiro atoms. The van der Waals surface area contributed by atoms with Crippen LogP contribution in [0.25, 0.3) is 0 Å². The van der Waals surface area contributed by atoms with Crippen molar-refractivity contribution >= 4 is 11.8 Å². The van der Waals surface area contributed by atoms with E-state index in [0.29, 0.717) is 50.5 Å². The molecule has 1 atom stereocenters. The zero-order valence-electron chi connectivity index (χ0n) is 13.4. The number of carbonyl (C=O) groups excluding carboxylic acids is 2. The minimum absolute atomic E-state index is 0.0124. The van der Waals surface area contributed by atoms with Gasteiger partial charge in [0.1, 0.15) is 0 Å². The molecule has 2 heterocycles. The molecule has 7 heteroatoms. The van der Waals surface area contributed by atoms with Crippen LogP contribution in [0.4, 0.5) is 0 Å². The number of carbonyl (C=O) groups is 2. The van der Waals surface area contributed by atoms with Gasteiger partial charge >= 0.3 is 0 Å². The van der Waals surface area contributed by atoms with Crippen molar-refractivity contribution in [1.29, 1.82) is 0 Å². The zero-order chi connectivity index (χ0) is 16.9. The van der Waals surface area contributed by atoms with E-state index in [1.807, 2.05) is 30.3 Å². The van der Waals surface area contributed by atoms with Gasteiger partial charge in [0.25, 0.3) is 0 Å². The van der Waals surface area contributed by atoms with Crippen LogP contribution in [0.1, 0.15) is 30.1 Å². The van der Waals surface area contributed by atoms with Crippen LogP contribution < -0.4 is 5.73 Å². The highest BCUT2D eigenvalue weighted by Crippen LogP contribution is 2.17. The van der Waals surface area contributed by atoms with Gasteiger partial charge in [0, 0.05) is 32.4 Å². The van der Waals surface area contributed by atoms with Crippen LogP contribution in [0.3, 0.4) is 0 Å². The summed E-state index contributed by atoms with van der Waals surface area (Å²) in [5.41, 5.74) is 6.39. The second-order valence-corrected chi connectivity index (χ2v) is 5.99. The first-order valence-corrected chi connectivity index (χ1v) is 8.04. The average molecular weight is 328 g/mol. The van der Waals surface area contributed by atoms with Gasteiger partial charge in [-0.3, -0.25) is 9.59 Å². The molecule has 1 aromatic carbocycles. The summed E-state index contributed by atoms with van der Waals surface area (Å²) >= 11 is 0. The summed E-state index contributed by atoms with van der Waals surface area (Å²) in [5, 5.41) is 3.95. The van der Waals surface area contributed by atoms with E-state index in [1.165, 1.54) is 0 Å². The Morgan fingerprint density at radius 1 is 1.29 bits per heavy atom. The summed E-state index contributed by atoms with van der Waals surface area (Å²) in [4.78, 5) is 29.3. The number of aromatic nitrogens is 2. The van der Waals surface area contributed by atoms with Crippen molar-refractivity contribution in [3.63, 3.8) is 0 Å². The number of aryl methyl sites for hydroxylation is 1. The van der Waals surface area contributed by atoms with E-state index in [-0.39, 0.29) is 17.7 Å². The van der Waals surface area contributed by atoms with E-state index in [2.05, 4.69) is 10.1 Å². The fraction of sp³-hybridized carbons (Fsp3) is 0.412. The van der Waals surface area contributed by atoms with Crippen LogP contribution >= 0.6 is 0 Å². The van der Waals surface area contributed by atoms with E-state index >= 15 is 0 Å². The van der Waals surface area contributed by atoms with E-state index in [0.717, 1.165) is 5.56 Å². The summed E-state index contributed by atoms with van der Waals surface area (Å²) in [6.07, 6.45) is 1.93. The lowest BCUT2D eigenvalue weighted by molar-refractivity contribution is -0.130. The molecule has 1 aliphatic rings. The van der Waals surface area contributed by atoms with E-state index < -0.39 is 0 Å². The van der Waals surface area contributed by atoms with Crippen LogP contribution in [-0.4, -0.2) is 39.9 Å². The smallest absolute Gasteiger partial charge is 0.227 e. The molecule has 0 radical (unpaired) electrons. The monoisotopic (exact) mass is 328 g/mol. The van der Waals surface area contributed by atoms with Crippen molar-refractivity contribution in [2.45, 2.75) is 25.7 Å².